The Kier molecular flexibility index (Phi) is 4.44. The first-order chi connectivity index (χ1) is 8.63. The molecule has 3 nitrogen and oxygen atoms in total. The van der Waals surface area contributed by atoms with Gasteiger partial charge in [0.05, 0.1) is 12.3 Å². The largest absolute Gasteiger partial charge is 0.396 e. The van der Waals surface area contributed by atoms with Crippen molar-refractivity contribution in [2.24, 2.45) is 5.92 Å². The second-order valence-corrected chi connectivity index (χ2v) is 6.00. The molecule has 0 radical (unpaired) electrons. The molecule has 1 heterocycles. The van der Waals surface area contributed by atoms with Crippen LogP contribution in [0.4, 0.5) is 0 Å². The zero-order valence-corrected chi connectivity index (χ0v) is 11.9. The van der Waals surface area contributed by atoms with Crippen LogP contribution >= 0.6 is 0 Å². The molecule has 0 saturated heterocycles. The molecule has 1 atom stereocenters. The summed E-state index contributed by atoms with van der Waals surface area (Å²) < 4.78 is 0. The number of aromatic amines is 1. The number of H-pyrrole nitrogens is 1. The maximum Gasteiger partial charge on any atom is 0.112 e. The number of aliphatic hydroxyl groups excluding tert-OH is 1. The maximum atomic E-state index is 9.50. The van der Waals surface area contributed by atoms with E-state index in [1.54, 1.807) is 0 Å². The fourth-order valence-corrected chi connectivity index (χ4v) is 3.06. The Balaban J connectivity index is 2.20. The molecule has 18 heavy (non-hydrogen) atoms. The highest BCUT2D eigenvalue weighted by molar-refractivity contribution is 5.20. The summed E-state index contributed by atoms with van der Waals surface area (Å²) in [4.78, 5) is 8.21. The standard InChI is InChI=1S/C15H26N2O/c1-10(2)13(9-18)15-16-11(3)14(17-15)12-7-5-4-6-8-12/h10,12-13,18H,4-9H2,1-3H3,(H,16,17). The molecule has 0 aliphatic heterocycles. The van der Waals surface area contributed by atoms with Gasteiger partial charge < -0.3 is 10.1 Å². The molecule has 1 aliphatic carbocycles. The van der Waals surface area contributed by atoms with E-state index in [0.717, 1.165) is 5.82 Å². The van der Waals surface area contributed by atoms with Crippen LogP contribution < -0.4 is 0 Å². The van der Waals surface area contributed by atoms with Gasteiger partial charge in [-0.3, -0.25) is 0 Å². The van der Waals surface area contributed by atoms with E-state index in [2.05, 4.69) is 25.8 Å². The topological polar surface area (TPSA) is 48.9 Å². The second-order valence-electron chi connectivity index (χ2n) is 6.00. The molecule has 102 valence electrons. The van der Waals surface area contributed by atoms with E-state index in [0.29, 0.717) is 11.8 Å². The van der Waals surface area contributed by atoms with Gasteiger partial charge in [0.1, 0.15) is 5.82 Å². The quantitative estimate of drug-likeness (QED) is 0.859. The molecule has 3 heteroatoms. The number of hydrogen-bond donors (Lipinski definition) is 2. The zero-order chi connectivity index (χ0) is 13.1. The third-order valence-corrected chi connectivity index (χ3v) is 4.29. The summed E-state index contributed by atoms with van der Waals surface area (Å²) in [5.74, 6) is 2.17. The zero-order valence-electron chi connectivity index (χ0n) is 11.9. The van der Waals surface area contributed by atoms with Gasteiger partial charge in [-0.2, -0.15) is 0 Å². The monoisotopic (exact) mass is 250 g/mol. The fraction of sp³-hybridized carbons (Fsp3) is 0.800. The van der Waals surface area contributed by atoms with Gasteiger partial charge in [-0.1, -0.05) is 33.1 Å². The van der Waals surface area contributed by atoms with E-state index in [1.807, 2.05) is 0 Å². The van der Waals surface area contributed by atoms with Crippen molar-refractivity contribution in [3.8, 4) is 0 Å². The van der Waals surface area contributed by atoms with Crippen molar-refractivity contribution in [3.63, 3.8) is 0 Å². The van der Waals surface area contributed by atoms with Crippen molar-refractivity contribution in [3.05, 3.63) is 17.2 Å². The highest BCUT2D eigenvalue weighted by Gasteiger charge is 2.24. The van der Waals surface area contributed by atoms with E-state index in [9.17, 15) is 5.11 Å². The van der Waals surface area contributed by atoms with E-state index in [1.165, 1.54) is 43.5 Å². The molecule has 0 spiro atoms. The number of hydrogen-bond acceptors (Lipinski definition) is 2. The smallest absolute Gasteiger partial charge is 0.112 e. The number of aryl methyl sites for hydroxylation is 1. The lowest BCUT2D eigenvalue weighted by molar-refractivity contribution is 0.232. The first-order valence-corrected chi connectivity index (χ1v) is 7.30. The van der Waals surface area contributed by atoms with Crippen molar-refractivity contribution in [1.29, 1.82) is 0 Å². The Morgan fingerprint density at radius 2 is 1.94 bits per heavy atom. The van der Waals surface area contributed by atoms with Crippen LogP contribution in [-0.4, -0.2) is 21.7 Å². The van der Waals surface area contributed by atoms with Crippen LogP contribution in [0.15, 0.2) is 0 Å². The third kappa shape index (κ3) is 2.77. The predicted molar refractivity (Wildman–Crippen MR) is 73.8 cm³/mol. The molecule has 2 rings (SSSR count). The van der Waals surface area contributed by atoms with Crippen molar-refractivity contribution in [2.45, 2.75) is 64.7 Å². The molecular weight excluding hydrogens is 224 g/mol. The van der Waals surface area contributed by atoms with E-state index in [-0.39, 0.29) is 12.5 Å². The number of rotatable bonds is 4. The lowest BCUT2D eigenvalue weighted by atomic mass is 9.86. The Bertz CT molecular complexity index is 378. The van der Waals surface area contributed by atoms with Gasteiger partial charge in [-0.25, -0.2) is 4.98 Å². The van der Waals surface area contributed by atoms with Crippen LogP contribution in [0.2, 0.25) is 0 Å². The SMILES string of the molecule is Cc1[nH]c(C(CO)C(C)C)nc1C1CCCCC1. The Labute approximate surface area is 110 Å². The second kappa shape index (κ2) is 5.87. The molecule has 1 saturated carbocycles. The van der Waals surface area contributed by atoms with Crippen LogP contribution in [0.25, 0.3) is 0 Å². The maximum absolute atomic E-state index is 9.50. The normalized spacial score (nSPS) is 19.4. The van der Waals surface area contributed by atoms with Gasteiger partial charge >= 0.3 is 0 Å². The Morgan fingerprint density at radius 3 is 2.50 bits per heavy atom. The molecule has 0 aromatic carbocycles. The van der Waals surface area contributed by atoms with Crippen molar-refractivity contribution < 1.29 is 5.11 Å². The molecule has 0 amide bonds. The summed E-state index contributed by atoms with van der Waals surface area (Å²) >= 11 is 0. The van der Waals surface area contributed by atoms with Gasteiger partial charge in [0, 0.05) is 17.5 Å². The van der Waals surface area contributed by atoms with Gasteiger partial charge in [0.25, 0.3) is 0 Å². The molecular formula is C15H26N2O. The van der Waals surface area contributed by atoms with Crippen molar-refractivity contribution in [1.82, 2.24) is 9.97 Å². The minimum absolute atomic E-state index is 0.140. The number of aliphatic hydroxyl groups is 1. The Morgan fingerprint density at radius 1 is 1.28 bits per heavy atom. The highest BCUT2D eigenvalue weighted by atomic mass is 16.3. The molecule has 1 aliphatic rings. The lowest BCUT2D eigenvalue weighted by Crippen LogP contribution is -2.13. The molecule has 1 aromatic heterocycles. The molecule has 0 bridgehead atoms. The van der Waals surface area contributed by atoms with Gasteiger partial charge in [0.15, 0.2) is 0 Å². The number of nitrogens with one attached hydrogen (secondary N) is 1. The number of nitrogens with zero attached hydrogens (tertiary/aromatic N) is 1. The van der Waals surface area contributed by atoms with Crippen molar-refractivity contribution >= 4 is 0 Å². The third-order valence-electron chi connectivity index (χ3n) is 4.29. The lowest BCUT2D eigenvalue weighted by Gasteiger charge is -2.20. The average Bonchev–Trinajstić information content (AvgIpc) is 2.73. The van der Waals surface area contributed by atoms with Crippen LogP contribution in [0, 0.1) is 12.8 Å². The fourth-order valence-electron chi connectivity index (χ4n) is 3.06. The average molecular weight is 250 g/mol. The molecule has 1 aromatic rings. The summed E-state index contributed by atoms with van der Waals surface area (Å²) in [6.07, 6.45) is 6.59. The van der Waals surface area contributed by atoms with Gasteiger partial charge in [-0.15, -0.1) is 0 Å². The summed E-state index contributed by atoms with van der Waals surface area (Å²) in [5.41, 5.74) is 2.46. The summed E-state index contributed by atoms with van der Waals surface area (Å²) in [6, 6.07) is 0. The van der Waals surface area contributed by atoms with Gasteiger partial charge in [-0.05, 0) is 25.7 Å². The van der Waals surface area contributed by atoms with Crippen LogP contribution in [-0.2, 0) is 0 Å². The van der Waals surface area contributed by atoms with Crippen molar-refractivity contribution in [2.75, 3.05) is 6.61 Å². The number of aromatic nitrogens is 2. The van der Waals surface area contributed by atoms with Crippen LogP contribution in [0.3, 0.4) is 0 Å². The molecule has 1 fully saturated rings. The van der Waals surface area contributed by atoms with Crippen LogP contribution in [0.1, 0.15) is 75.0 Å². The minimum atomic E-state index is 0.140. The molecule has 1 unspecified atom stereocenters. The highest BCUT2D eigenvalue weighted by Crippen LogP contribution is 2.34. The summed E-state index contributed by atoms with van der Waals surface area (Å²) in [6.45, 7) is 6.57. The van der Waals surface area contributed by atoms with E-state index in [4.69, 9.17) is 4.98 Å². The first-order valence-electron chi connectivity index (χ1n) is 7.30. The minimum Gasteiger partial charge on any atom is -0.396 e. The Hall–Kier alpha value is -0.830. The summed E-state index contributed by atoms with van der Waals surface area (Å²) in [7, 11) is 0. The van der Waals surface area contributed by atoms with Crippen LogP contribution in [0.5, 0.6) is 0 Å². The predicted octanol–water partition coefficient (Wildman–Crippen LogP) is 3.50. The van der Waals surface area contributed by atoms with E-state index >= 15 is 0 Å². The van der Waals surface area contributed by atoms with Gasteiger partial charge in [0.2, 0.25) is 0 Å². The summed E-state index contributed by atoms with van der Waals surface area (Å²) in [5, 5.41) is 9.50. The van der Waals surface area contributed by atoms with E-state index < -0.39 is 0 Å². The number of imidazole rings is 1. The first kappa shape index (κ1) is 13.6. The molecule has 2 N–H and O–H groups in total.